The molecular weight excluding hydrogens is 347 g/mol. The highest BCUT2D eigenvalue weighted by Crippen LogP contribution is 2.40. The summed E-state index contributed by atoms with van der Waals surface area (Å²) < 4.78 is 40.1. The summed E-state index contributed by atoms with van der Waals surface area (Å²) >= 11 is 0. The Morgan fingerprint density at radius 3 is 2.31 bits per heavy atom. The number of pyridine rings is 1. The number of para-hydroxylation sites is 1. The third-order valence-electron chi connectivity index (χ3n) is 4.25. The van der Waals surface area contributed by atoms with Crippen LogP contribution in [0.5, 0.6) is 5.75 Å². The predicted molar refractivity (Wildman–Crippen MR) is 89.3 cm³/mol. The first kappa shape index (κ1) is 17.7. The number of nitrogens with zero attached hydrogens (tertiary/aromatic N) is 1. The second-order valence-electron chi connectivity index (χ2n) is 5.86. The van der Waals surface area contributed by atoms with Crippen molar-refractivity contribution in [2.24, 2.45) is 0 Å². The predicted octanol–water partition coefficient (Wildman–Crippen LogP) is 4.81. The van der Waals surface area contributed by atoms with Gasteiger partial charge in [0.2, 0.25) is 0 Å². The Kier molecular flexibility index (Phi) is 4.31. The van der Waals surface area contributed by atoms with Crippen molar-refractivity contribution in [1.82, 2.24) is 4.98 Å². The van der Waals surface area contributed by atoms with Crippen LogP contribution in [-0.4, -0.2) is 21.2 Å². The van der Waals surface area contributed by atoms with Gasteiger partial charge in [0, 0.05) is 11.3 Å². The summed E-state index contributed by atoms with van der Waals surface area (Å²) in [6.07, 6.45) is -4.70. The highest BCUT2D eigenvalue weighted by atomic mass is 19.4. The molecule has 2 N–H and O–H groups in total. The number of carbonyl (C=O) groups is 1. The van der Waals surface area contributed by atoms with E-state index in [-0.39, 0.29) is 11.1 Å². The molecule has 0 aliphatic rings. The lowest BCUT2D eigenvalue weighted by atomic mass is 9.93. The van der Waals surface area contributed by atoms with Gasteiger partial charge in [0.1, 0.15) is 5.56 Å². The Labute approximate surface area is 146 Å². The van der Waals surface area contributed by atoms with Crippen molar-refractivity contribution < 1.29 is 28.2 Å². The van der Waals surface area contributed by atoms with Crippen molar-refractivity contribution in [3.8, 4) is 5.75 Å². The molecule has 0 aliphatic carbocycles. The van der Waals surface area contributed by atoms with Crippen molar-refractivity contribution >= 4 is 16.9 Å². The third kappa shape index (κ3) is 2.96. The van der Waals surface area contributed by atoms with E-state index in [1.54, 1.807) is 37.3 Å². The molecule has 0 saturated heterocycles. The molecule has 1 atom stereocenters. The molecular formula is C19H14F3NO3. The van der Waals surface area contributed by atoms with Gasteiger partial charge in [-0.1, -0.05) is 49.4 Å². The van der Waals surface area contributed by atoms with E-state index < -0.39 is 40.5 Å². The largest absolute Gasteiger partial charge is 0.505 e. The molecule has 1 aromatic heterocycles. The van der Waals surface area contributed by atoms with Crippen LogP contribution < -0.4 is 0 Å². The number of halogens is 3. The Bertz CT molecular complexity index is 985. The minimum atomic E-state index is -4.70. The minimum Gasteiger partial charge on any atom is -0.505 e. The smallest absolute Gasteiger partial charge is 0.418 e. The number of carboxylic acids is 1. The molecule has 0 spiro atoms. The van der Waals surface area contributed by atoms with Gasteiger partial charge in [-0.15, -0.1) is 0 Å². The maximum atomic E-state index is 13.4. The second-order valence-corrected chi connectivity index (χ2v) is 5.86. The van der Waals surface area contributed by atoms with Gasteiger partial charge in [0.15, 0.2) is 5.75 Å². The van der Waals surface area contributed by atoms with Crippen molar-refractivity contribution in [1.29, 1.82) is 0 Å². The van der Waals surface area contributed by atoms with Crippen LogP contribution in [0.1, 0.15) is 40.0 Å². The molecule has 0 amide bonds. The van der Waals surface area contributed by atoms with E-state index in [9.17, 15) is 28.2 Å². The number of alkyl halides is 3. The van der Waals surface area contributed by atoms with E-state index in [2.05, 4.69) is 4.98 Å². The quantitative estimate of drug-likeness (QED) is 0.702. The SMILES string of the molecule is CC(c1ccccc1)c1nc2c(C(F)(F)F)cccc2c(C(=O)O)c1O. The lowest BCUT2D eigenvalue weighted by Crippen LogP contribution is -2.11. The molecule has 0 aliphatic heterocycles. The van der Waals surface area contributed by atoms with Crippen LogP contribution >= 0.6 is 0 Å². The van der Waals surface area contributed by atoms with Gasteiger partial charge in [-0.3, -0.25) is 0 Å². The fourth-order valence-electron chi connectivity index (χ4n) is 2.94. The Morgan fingerprint density at radius 1 is 1.08 bits per heavy atom. The molecule has 26 heavy (non-hydrogen) atoms. The summed E-state index contributed by atoms with van der Waals surface area (Å²) in [6, 6.07) is 11.9. The molecule has 0 radical (unpaired) electrons. The Hall–Kier alpha value is -3.09. The van der Waals surface area contributed by atoms with E-state index in [0.717, 1.165) is 12.1 Å². The fraction of sp³-hybridized carbons (Fsp3) is 0.158. The van der Waals surface area contributed by atoms with E-state index in [4.69, 9.17) is 0 Å². The Balaban J connectivity index is 2.37. The summed E-state index contributed by atoms with van der Waals surface area (Å²) in [5.74, 6) is -2.74. The van der Waals surface area contributed by atoms with Gasteiger partial charge >= 0.3 is 12.1 Å². The first-order chi connectivity index (χ1) is 12.2. The highest BCUT2D eigenvalue weighted by molar-refractivity contribution is 6.06. The summed E-state index contributed by atoms with van der Waals surface area (Å²) in [5.41, 5.74) is -1.54. The topological polar surface area (TPSA) is 70.4 Å². The number of aromatic hydroxyl groups is 1. The van der Waals surface area contributed by atoms with Crippen LogP contribution in [0.15, 0.2) is 48.5 Å². The standard InChI is InChI=1S/C19H14F3NO3/c1-10(11-6-3-2-4-7-11)15-17(24)14(18(25)26)12-8-5-9-13(16(12)23-15)19(20,21)22/h2-10,24H,1H3,(H,25,26). The van der Waals surface area contributed by atoms with Crippen LogP contribution in [-0.2, 0) is 6.18 Å². The molecule has 0 bridgehead atoms. The average Bonchev–Trinajstić information content (AvgIpc) is 2.59. The van der Waals surface area contributed by atoms with Gasteiger partial charge in [-0.05, 0) is 11.6 Å². The molecule has 1 unspecified atom stereocenters. The number of rotatable bonds is 3. The molecule has 7 heteroatoms. The van der Waals surface area contributed by atoms with Gasteiger partial charge in [0.05, 0.1) is 16.8 Å². The first-order valence-corrected chi connectivity index (χ1v) is 7.72. The minimum absolute atomic E-state index is 0.113. The molecule has 3 rings (SSSR count). The molecule has 4 nitrogen and oxygen atoms in total. The maximum Gasteiger partial charge on any atom is 0.418 e. The maximum absolute atomic E-state index is 13.4. The zero-order chi connectivity index (χ0) is 19.1. The monoisotopic (exact) mass is 361 g/mol. The fourth-order valence-corrected chi connectivity index (χ4v) is 2.94. The van der Waals surface area contributed by atoms with E-state index >= 15 is 0 Å². The number of fused-ring (bicyclic) bond motifs is 1. The summed E-state index contributed by atoms with van der Waals surface area (Å²) in [4.78, 5) is 15.7. The van der Waals surface area contributed by atoms with Gasteiger partial charge in [0.25, 0.3) is 0 Å². The van der Waals surface area contributed by atoms with Crippen LogP contribution in [0.4, 0.5) is 13.2 Å². The Morgan fingerprint density at radius 2 is 1.73 bits per heavy atom. The normalized spacial score (nSPS) is 12.9. The average molecular weight is 361 g/mol. The van der Waals surface area contributed by atoms with Crippen LogP contribution in [0.3, 0.4) is 0 Å². The van der Waals surface area contributed by atoms with Crippen molar-refractivity contribution in [3.05, 3.63) is 70.9 Å². The van der Waals surface area contributed by atoms with E-state index in [1.165, 1.54) is 6.07 Å². The zero-order valence-corrected chi connectivity index (χ0v) is 13.6. The summed E-state index contributed by atoms with van der Waals surface area (Å²) in [6.45, 7) is 1.64. The molecule has 1 heterocycles. The lowest BCUT2D eigenvalue weighted by Gasteiger charge is -2.18. The number of hydrogen-bond acceptors (Lipinski definition) is 3. The van der Waals surface area contributed by atoms with Crippen LogP contribution in [0.25, 0.3) is 10.9 Å². The van der Waals surface area contributed by atoms with Crippen molar-refractivity contribution in [2.75, 3.05) is 0 Å². The summed E-state index contributed by atoms with van der Waals surface area (Å²) in [7, 11) is 0. The molecule has 134 valence electrons. The van der Waals surface area contributed by atoms with Gasteiger partial charge in [-0.2, -0.15) is 13.2 Å². The first-order valence-electron chi connectivity index (χ1n) is 7.72. The van der Waals surface area contributed by atoms with Crippen molar-refractivity contribution in [3.63, 3.8) is 0 Å². The second kappa shape index (κ2) is 6.33. The number of aromatic carboxylic acids is 1. The number of carboxylic acid groups (broad SMARTS) is 1. The number of hydrogen-bond donors (Lipinski definition) is 2. The van der Waals surface area contributed by atoms with Gasteiger partial charge in [-0.25, -0.2) is 9.78 Å². The van der Waals surface area contributed by atoms with Crippen molar-refractivity contribution in [2.45, 2.75) is 19.0 Å². The van der Waals surface area contributed by atoms with E-state index in [1.807, 2.05) is 0 Å². The highest BCUT2D eigenvalue weighted by Gasteiger charge is 2.35. The summed E-state index contributed by atoms with van der Waals surface area (Å²) in [5, 5.41) is 19.7. The van der Waals surface area contributed by atoms with Crippen LogP contribution in [0.2, 0.25) is 0 Å². The number of benzene rings is 2. The van der Waals surface area contributed by atoms with Crippen LogP contribution in [0, 0.1) is 0 Å². The zero-order valence-electron chi connectivity index (χ0n) is 13.6. The van der Waals surface area contributed by atoms with Gasteiger partial charge < -0.3 is 10.2 Å². The molecule has 0 saturated carbocycles. The lowest BCUT2D eigenvalue weighted by molar-refractivity contribution is -0.136. The molecule has 3 aromatic rings. The third-order valence-corrected chi connectivity index (χ3v) is 4.25. The van der Waals surface area contributed by atoms with E-state index in [0.29, 0.717) is 5.56 Å². The molecule has 0 fully saturated rings. The number of aromatic nitrogens is 1. The molecule has 2 aromatic carbocycles.